The molecule has 5 rings (SSSR count). The molecule has 0 radical (unpaired) electrons. The van der Waals surface area contributed by atoms with Crippen molar-refractivity contribution >= 4 is 39.7 Å². The topological polar surface area (TPSA) is 151 Å². The number of nitrogens with zero attached hydrogens (tertiary/aromatic N) is 2. The van der Waals surface area contributed by atoms with Crippen LogP contribution in [0, 0.1) is 0 Å². The summed E-state index contributed by atoms with van der Waals surface area (Å²) in [6.07, 6.45) is 0.429. The number of ether oxygens (including phenoxy) is 2. The Morgan fingerprint density at radius 3 is 2.11 bits per heavy atom. The molecule has 1 saturated heterocycles. The van der Waals surface area contributed by atoms with Gasteiger partial charge in [-0.3, -0.25) is 9.59 Å². The molecule has 0 aromatic heterocycles. The van der Waals surface area contributed by atoms with E-state index in [0.717, 1.165) is 5.56 Å². The van der Waals surface area contributed by atoms with Crippen LogP contribution in [-0.4, -0.2) is 82.7 Å². The highest BCUT2D eigenvalue weighted by Gasteiger charge is 2.68. The summed E-state index contributed by atoms with van der Waals surface area (Å²) >= 11 is 5.97. The number of benzene rings is 3. The van der Waals surface area contributed by atoms with Gasteiger partial charge in [0.1, 0.15) is 29.5 Å². The zero-order valence-electron chi connectivity index (χ0n) is 26.3. The first-order valence-electron chi connectivity index (χ1n) is 15.2. The zero-order valence-corrected chi connectivity index (χ0v) is 27.8. The number of carbonyl (C=O) groups is 3. The summed E-state index contributed by atoms with van der Waals surface area (Å²) in [5.41, 5.74) is -0.597. The van der Waals surface area contributed by atoms with Crippen molar-refractivity contribution in [2.45, 2.75) is 68.1 Å². The predicted octanol–water partition coefficient (Wildman–Crippen LogP) is 5.87. The second-order valence-corrected chi connectivity index (χ2v) is 15.1. The second-order valence-electron chi connectivity index (χ2n) is 12.8. The first-order valence-corrected chi connectivity index (χ1v) is 17.0. The van der Waals surface area contributed by atoms with Crippen LogP contribution in [0.25, 0.3) is 11.1 Å². The summed E-state index contributed by atoms with van der Waals surface area (Å²) in [6, 6.07) is 19.6. The van der Waals surface area contributed by atoms with E-state index >= 15 is 0 Å². The van der Waals surface area contributed by atoms with E-state index in [0.29, 0.717) is 52.1 Å². The van der Waals surface area contributed by atoms with E-state index in [4.69, 9.17) is 21.1 Å². The third-order valence-corrected chi connectivity index (χ3v) is 10.5. The maximum atomic E-state index is 13.9. The van der Waals surface area contributed by atoms with E-state index in [-0.39, 0.29) is 23.5 Å². The van der Waals surface area contributed by atoms with E-state index < -0.39 is 45.6 Å². The minimum absolute atomic E-state index is 0.116. The molecule has 11 nitrogen and oxygen atoms in total. The van der Waals surface area contributed by atoms with Gasteiger partial charge in [0.2, 0.25) is 10.0 Å². The van der Waals surface area contributed by atoms with Gasteiger partial charge in [0, 0.05) is 36.9 Å². The molecule has 1 amide bonds. The molecule has 250 valence electrons. The largest absolute Gasteiger partial charge is 0.490 e. The van der Waals surface area contributed by atoms with Crippen LogP contribution in [0.4, 0.5) is 4.79 Å². The number of hydrogen-bond donors (Lipinski definition) is 2. The Morgan fingerprint density at radius 2 is 1.55 bits per heavy atom. The minimum Gasteiger partial charge on any atom is -0.490 e. The van der Waals surface area contributed by atoms with Gasteiger partial charge < -0.3 is 24.6 Å². The van der Waals surface area contributed by atoms with E-state index in [2.05, 4.69) is 0 Å². The summed E-state index contributed by atoms with van der Waals surface area (Å²) in [5, 5.41) is 20.7. The molecule has 2 unspecified atom stereocenters. The lowest BCUT2D eigenvalue weighted by Crippen LogP contribution is -2.50. The van der Waals surface area contributed by atoms with Crippen molar-refractivity contribution in [2.75, 3.05) is 19.6 Å². The molecule has 1 aliphatic heterocycles. The number of carbonyl (C=O) groups excluding carboxylic acids is 1. The molecular formula is C34H37ClN2O9S. The Bertz CT molecular complexity index is 1750. The van der Waals surface area contributed by atoms with Crippen LogP contribution < -0.4 is 4.74 Å². The number of carboxylic acid groups (broad SMARTS) is 2. The average molecular weight is 685 g/mol. The summed E-state index contributed by atoms with van der Waals surface area (Å²) in [7, 11) is -4.56. The van der Waals surface area contributed by atoms with Gasteiger partial charge in [0.25, 0.3) is 0 Å². The highest BCUT2D eigenvalue weighted by Crippen LogP contribution is 2.57. The minimum atomic E-state index is -4.56. The standard InChI is InChI=1S/C34H37ClN2O9S/c1-33(2,3)46-32(42)36-17-15-26(16-18-36)45-27-6-4-5-24(19-27)29-20-34(29,31(40)41)37(21-30(38)39)47(43,44)28-13-9-23(10-14-28)22-7-11-25(35)12-8-22/h4-14,19,26,29H,15-18,20-21H2,1-3H3,(H,38,39)(H,40,41). The first kappa shape index (κ1) is 34.2. The van der Waals surface area contributed by atoms with Gasteiger partial charge in [-0.25, -0.2) is 13.2 Å². The van der Waals surface area contributed by atoms with Gasteiger partial charge in [0.15, 0.2) is 0 Å². The number of rotatable bonds is 10. The summed E-state index contributed by atoms with van der Waals surface area (Å²) < 4.78 is 40.1. The van der Waals surface area contributed by atoms with Crippen LogP contribution in [0.2, 0.25) is 5.02 Å². The number of likely N-dealkylation sites (tertiary alicyclic amines) is 1. The summed E-state index contributed by atoms with van der Waals surface area (Å²) in [4.78, 5) is 38.6. The Hall–Kier alpha value is -4.13. The van der Waals surface area contributed by atoms with E-state index in [1.807, 2.05) is 20.8 Å². The Labute approximate surface area is 278 Å². The van der Waals surface area contributed by atoms with Crippen LogP contribution in [-0.2, 0) is 24.3 Å². The van der Waals surface area contributed by atoms with E-state index in [9.17, 15) is 33.0 Å². The van der Waals surface area contributed by atoms with E-state index in [1.54, 1.807) is 65.6 Å². The fourth-order valence-corrected chi connectivity index (χ4v) is 7.75. The van der Waals surface area contributed by atoms with Crippen LogP contribution >= 0.6 is 11.6 Å². The smallest absolute Gasteiger partial charge is 0.410 e. The Kier molecular flexibility index (Phi) is 9.59. The molecular weight excluding hydrogens is 648 g/mol. The van der Waals surface area contributed by atoms with Gasteiger partial charge in [-0.05, 0) is 80.3 Å². The van der Waals surface area contributed by atoms with Crippen molar-refractivity contribution in [1.29, 1.82) is 0 Å². The lowest BCUT2D eigenvalue weighted by atomic mass is 10.0. The maximum absolute atomic E-state index is 13.9. The molecule has 3 aromatic rings. The number of amides is 1. The van der Waals surface area contributed by atoms with Crippen LogP contribution in [0.15, 0.2) is 77.7 Å². The van der Waals surface area contributed by atoms with Crippen LogP contribution in [0.5, 0.6) is 5.75 Å². The molecule has 1 saturated carbocycles. The molecule has 2 atom stereocenters. The van der Waals surface area contributed by atoms with Crippen LogP contribution in [0.1, 0.15) is 51.5 Å². The van der Waals surface area contributed by atoms with Crippen molar-refractivity contribution in [2.24, 2.45) is 0 Å². The van der Waals surface area contributed by atoms with Gasteiger partial charge in [-0.1, -0.05) is 48.0 Å². The fraction of sp³-hybridized carbons (Fsp3) is 0.382. The number of hydrogen-bond acceptors (Lipinski definition) is 7. The molecule has 1 aliphatic carbocycles. The van der Waals surface area contributed by atoms with Gasteiger partial charge in [-0.2, -0.15) is 4.31 Å². The maximum Gasteiger partial charge on any atom is 0.410 e. The molecule has 2 fully saturated rings. The fourth-order valence-electron chi connectivity index (χ4n) is 5.90. The summed E-state index contributed by atoms with van der Waals surface area (Å²) in [6.45, 7) is 5.30. The number of sulfonamides is 1. The summed E-state index contributed by atoms with van der Waals surface area (Å²) in [5.74, 6) is -3.27. The van der Waals surface area contributed by atoms with E-state index in [1.165, 1.54) is 12.1 Å². The number of carboxylic acids is 2. The van der Waals surface area contributed by atoms with Crippen molar-refractivity contribution in [3.63, 3.8) is 0 Å². The number of piperidine rings is 1. The molecule has 13 heteroatoms. The normalized spacial score (nSPS) is 20.1. The Balaban J connectivity index is 1.34. The van der Waals surface area contributed by atoms with Crippen molar-refractivity contribution < 1.29 is 42.5 Å². The molecule has 0 spiro atoms. The molecule has 47 heavy (non-hydrogen) atoms. The predicted molar refractivity (Wildman–Crippen MR) is 174 cm³/mol. The zero-order chi connectivity index (χ0) is 34.1. The molecule has 2 N–H and O–H groups in total. The lowest BCUT2D eigenvalue weighted by molar-refractivity contribution is -0.145. The van der Waals surface area contributed by atoms with Gasteiger partial charge >= 0.3 is 18.0 Å². The third-order valence-electron chi connectivity index (χ3n) is 8.30. The molecule has 2 aliphatic rings. The van der Waals surface area contributed by atoms with Crippen LogP contribution in [0.3, 0.4) is 0 Å². The first-order chi connectivity index (χ1) is 22.1. The Morgan fingerprint density at radius 1 is 0.957 bits per heavy atom. The third kappa shape index (κ3) is 7.55. The highest BCUT2D eigenvalue weighted by atomic mass is 35.5. The van der Waals surface area contributed by atoms with Gasteiger partial charge in [0.05, 0.1) is 4.90 Å². The van der Waals surface area contributed by atoms with Gasteiger partial charge in [-0.15, -0.1) is 0 Å². The van der Waals surface area contributed by atoms with Crippen molar-refractivity contribution in [3.05, 3.63) is 83.4 Å². The van der Waals surface area contributed by atoms with Crippen molar-refractivity contribution in [1.82, 2.24) is 9.21 Å². The lowest BCUT2D eigenvalue weighted by Gasteiger charge is -2.33. The highest BCUT2D eigenvalue weighted by molar-refractivity contribution is 7.89. The van der Waals surface area contributed by atoms with Crippen molar-refractivity contribution in [3.8, 4) is 16.9 Å². The quantitative estimate of drug-likeness (QED) is 0.267. The number of halogens is 1. The molecule has 3 aromatic carbocycles. The monoisotopic (exact) mass is 684 g/mol. The average Bonchev–Trinajstić information content (AvgIpc) is 3.77. The SMILES string of the molecule is CC(C)(C)OC(=O)N1CCC(Oc2cccc(C3CC3(C(=O)O)N(CC(=O)O)S(=O)(=O)c3ccc(-c4ccc(Cl)cc4)cc3)c2)CC1. The number of aliphatic carboxylic acids is 2. The molecule has 0 bridgehead atoms. The molecule has 1 heterocycles. The second kappa shape index (κ2) is 13.2.